The molecule has 2 aromatic carbocycles. The molecule has 0 fully saturated rings. The molecule has 0 aromatic heterocycles. The molecule has 0 saturated heterocycles. The van der Waals surface area contributed by atoms with Gasteiger partial charge < -0.3 is 19.5 Å². The van der Waals surface area contributed by atoms with E-state index in [0.717, 1.165) is 16.8 Å². The number of anilines is 1. The molecule has 1 aliphatic rings. The number of nitrogens with zero attached hydrogens (tertiary/aromatic N) is 1. The van der Waals surface area contributed by atoms with E-state index in [-0.39, 0.29) is 11.5 Å². The first-order valence-corrected chi connectivity index (χ1v) is 10.2. The SMILES string of the molecule is COC(=O)C1=C(C)N(c2cc(C)cc(C)c2)C(=S)NC1c1ccc(OC(F)F)c(OC)c1. The molecule has 9 heteroatoms. The number of esters is 1. The second-order valence-electron chi connectivity index (χ2n) is 7.34. The number of aryl methyl sites for hydroxylation is 2. The predicted octanol–water partition coefficient (Wildman–Crippen LogP) is 4.80. The van der Waals surface area contributed by atoms with Gasteiger partial charge in [0, 0.05) is 11.4 Å². The summed E-state index contributed by atoms with van der Waals surface area (Å²) in [5, 5.41) is 3.57. The van der Waals surface area contributed by atoms with E-state index in [1.807, 2.05) is 32.0 Å². The van der Waals surface area contributed by atoms with Gasteiger partial charge in [-0.25, -0.2) is 4.79 Å². The summed E-state index contributed by atoms with van der Waals surface area (Å²) < 4.78 is 40.1. The standard InChI is InChI=1S/C23H24F2N2O4S/c1-12-8-13(2)10-16(9-12)27-14(3)19(21(28)30-5)20(26-23(27)32)15-6-7-17(31-22(24)25)18(11-15)29-4/h6-11,20,22H,1-5H3,(H,26,32). The molecular formula is C23H24F2N2O4S. The van der Waals surface area contributed by atoms with Crippen molar-refractivity contribution in [1.82, 2.24) is 5.32 Å². The topological polar surface area (TPSA) is 60.0 Å². The van der Waals surface area contributed by atoms with E-state index in [4.69, 9.17) is 21.7 Å². The lowest BCUT2D eigenvalue weighted by molar-refractivity contribution is -0.136. The smallest absolute Gasteiger partial charge is 0.387 e. The molecule has 0 saturated carbocycles. The number of nitrogens with one attached hydrogen (secondary N) is 1. The van der Waals surface area contributed by atoms with Gasteiger partial charge in [-0.3, -0.25) is 4.90 Å². The molecule has 1 N–H and O–H groups in total. The van der Waals surface area contributed by atoms with E-state index in [0.29, 0.717) is 21.9 Å². The Morgan fingerprint density at radius 1 is 1.06 bits per heavy atom. The van der Waals surface area contributed by atoms with Gasteiger partial charge in [0.15, 0.2) is 16.6 Å². The summed E-state index contributed by atoms with van der Waals surface area (Å²) in [6.07, 6.45) is 0. The fraction of sp³-hybridized carbons (Fsp3) is 0.304. The molecular weight excluding hydrogens is 438 g/mol. The molecule has 32 heavy (non-hydrogen) atoms. The van der Waals surface area contributed by atoms with E-state index >= 15 is 0 Å². The molecule has 0 spiro atoms. The number of carbonyl (C=O) groups is 1. The zero-order valence-electron chi connectivity index (χ0n) is 18.4. The maximum absolute atomic E-state index is 12.8. The summed E-state index contributed by atoms with van der Waals surface area (Å²) in [6, 6.07) is 9.78. The molecule has 1 atom stereocenters. The Hall–Kier alpha value is -3.20. The Morgan fingerprint density at radius 3 is 2.28 bits per heavy atom. The number of allylic oxidation sites excluding steroid dienone is 1. The summed E-state index contributed by atoms with van der Waals surface area (Å²) in [6.45, 7) is 2.76. The van der Waals surface area contributed by atoms with Crippen LogP contribution in [0, 0.1) is 13.8 Å². The number of methoxy groups -OCH3 is 2. The second kappa shape index (κ2) is 9.52. The maximum atomic E-state index is 12.8. The second-order valence-corrected chi connectivity index (χ2v) is 7.73. The zero-order chi connectivity index (χ0) is 23.6. The van der Waals surface area contributed by atoms with Crippen LogP contribution in [0.5, 0.6) is 11.5 Å². The van der Waals surface area contributed by atoms with Crippen LogP contribution in [0.4, 0.5) is 14.5 Å². The molecule has 0 amide bonds. The highest BCUT2D eigenvalue weighted by molar-refractivity contribution is 7.80. The molecule has 1 heterocycles. The Kier molecular flexibility index (Phi) is 6.98. The van der Waals surface area contributed by atoms with Gasteiger partial charge in [-0.15, -0.1) is 0 Å². The molecule has 0 aliphatic carbocycles. The van der Waals surface area contributed by atoms with Crippen LogP contribution in [0.2, 0.25) is 0 Å². The van der Waals surface area contributed by atoms with Crippen molar-refractivity contribution < 1.29 is 27.8 Å². The average molecular weight is 463 g/mol. The number of hydrogen-bond donors (Lipinski definition) is 1. The van der Waals surface area contributed by atoms with Gasteiger partial charge in [-0.2, -0.15) is 8.78 Å². The number of ether oxygens (including phenoxy) is 3. The number of halogens is 2. The highest BCUT2D eigenvalue weighted by Gasteiger charge is 2.35. The zero-order valence-corrected chi connectivity index (χ0v) is 19.2. The van der Waals surface area contributed by atoms with Crippen molar-refractivity contribution >= 4 is 29.0 Å². The lowest BCUT2D eigenvalue weighted by Gasteiger charge is -2.37. The van der Waals surface area contributed by atoms with Gasteiger partial charge in [0.25, 0.3) is 0 Å². The number of hydrogen-bond acceptors (Lipinski definition) is 5. The first-order chi connectivity index (χ1) is 15.2. The minimum Gasteiger partial charge on any atom is -0.493 e. The van der Waals surface area contributed by atoms with Gasteiger partial charge in [-0.1, -0.05) is 12.1 Å². The average Bonchev–Trinajstić information content (AvgIpc) is 2.72. The van der Waals surface area contributed by atoms with Crippen molar-refractivity contribution in [3.8, 4) is 11.5 Å². The number of alkyl halides is 2. The van der Waals surface area contributed by atoms with E-state index in [1.54, 1.807) is 17.9 Å². The molecule has 2 aromatic rings. The van der Waals surface area contributed by atoms with Crippen LogP contribution < -0.4 is 19.7 Å². The summed E-state index contributed by atoms with van der Waals surface area (Å²) in [4.78, 5) is 14.6. The summed E-state index contributed by atoms with van der Waals surface area (Å²) in [5.41, 5.74) is 4.43. The van der Waals surface area contributed by atoms with Crippen LogP contribution in [0.15, 0.2) is 47.7 Å². The molecule has 0 bridgehead atoms. The van der Waals surface area contributed by atoms with Crippen molar-refractivity contribution in [1.29, 1.82) is 0 Å². The van der Waals surface area contributed by atoms with Gasteiger partial charge >= 0.3 is 12.6 Å². The number of benzene rings is 2. The van der Waals surface area contributed by atoms with Gasteiger partial charge in [0.2, 0.25) is 0 Å². The van der Waals surface area contributed by atoms with Crippen molar-refractivity contribution in [3.05, 3.63) is 64.4 Å². The van der Waals surface area contributed by atoms with Gasteiger partial charge in [0.05, 0.1) is 25.8 Å². The summed E-state index contributed by atoms with van der Waals surface area (Å²) in [7, 11) is 2.65. The first kappa shape index (κ1) is 23.5. The molecule has 0 radical (unpaired) electrons. The molecule has 1 aliphatic heterocycles. The number of thiocarbonyl (C=S) groups is 1. The lowest BCUT2D eigenvalue weighted by Crippen LogP contribution is -2.48. The highest BCUT2D eigenvalue weighted by Crippen LogP contribution is 2.38. The van der Waals surface area contributed by atoms with Crippen molar-refractivity contribution in [2.75, 3.05) is 19.1 Å². The van der Waals surface area contributed by atoms with Crippen molar-refractivity contribution in [2.45, 2.75) is 33.4 Å². The van der Waals surface area contributed by atoms with Gasteiger partial charge in [0.1, 0.15) is 0 Å². The first-order valence-electron chi connectivity index (χ1n) is 9.77. The monoisotopic (exact) mass is 462 g/mol. The lowest BCUT2D eigenvalue weighted by atomic mass is 9.94. The largest absolute Gasteiger partial charge is 0.493 e. The predicted molar refractivity (Wildman–Crippen MR) is 121 cm³/mol. The number of carbonyl (C=O) groups excluding carboxylic acids is 1. The maximum Gasteiger partial charge on any atom is 0.387 e. The van der Waals surface area contributed by atoms with E-state index < -0.39 is 18.6 Å². The molecule has 3 rings (SSSR count). The Bertz CT molecular complexity index is 1070. The highest BCUT2D eigenvalue weighted by atomic mass is 32.1. The fourth-order valence-corrected chi connectivity index (χ4v) is 4.18. The third-order valence-electron chi connectivity index (χ3n) is 5.09. The molecule has 170 valence electrons. The third-order valence-corrected chi connectivity index (χ3v) is 5.39. The summed E-state index contributed by atoms with van der Waals surface area (Å²) >= 11 is 5.64. The quantitative estimate of drug-likeness (QED) is 0.489. The van der Waals surface area contributed by atoms with Crippen LogP contribution >= 0.6 is 12.2 Å². The van der Waals surface area contributed by atoms with Crippen LogP contribution in [-0.4, -0.2) is 31.9 Å². The van der Waals surface area contributed by atoms with Crippen LogP contribution in [0.1, 0.15) is 29.7 Å². The minimum atomic E-state index is -2.99. The fourth-order valence-electron chi connectivity index (χ4n) is 3.82. The van der Waals surface area contributed by atoms with Gasteiger partial charge in [-0.05, 0) is 73.9 Å². The van der Waals surface area contributed by atoms with E-state index in [9.17, 15) is 13.6 Å². The van der Waals surface area contributed by atoms with Crippen LogP contribution in [-0.2, 0) is 9.53 Å². The van der Waals surface area contributed by atoms with Crippen molar-refractivity contribution in [3.63, 3.8) is 0 Å². The van der Waals surface area contributed by atoms with Crippen LogP contribution in [0.25, 0.3) is 0 Å². The Labute approximate surface area is 190 Å². The Balaban J connectivity index is 2.12. The third kappa shape index (κ3) is 4.67. The van der Waals surface area contributed by atoms with E-state index in [1.165, 1.54) is 26.4 Å². The summed E-state index contributed by atoms with van der Waals surface area (Å²) in [5.74, 6) is -0.542. The number of rotatable bonds is 6. The van der Waals surface area contributed by atoms with Crippen molar-refractivity contribution in [2.24, 2.45) is 0 Å². The normalized spacial score (nSPS) is 16.2. The van der Waals surface area contributed by atoms with E-state index in [2.05, 4.69) is 10.1 Å². The minimum absolute atomic E-state index is 0.106. The molecule has 1 unspecified atom stereocenters. The Morgan fingerprint density at radius 2 is 1.72 bits per heavy atom. The molecule has 6 nitrogen and oxygen atoms in total. The van der Waals surface area contributed by atoms with Crippen LogP contribution in [0.3, 0.4) is 0 Å².